The van der Waals surface area contributed by atoms with Crippen LogP contribution in [0.15, 0.2) is 42.5 Å². The Morgan fingerprint density at radius 3 is 2.67 bits per heavy atom. The van der Waals surface area contributed by atoms with E-state index in [-0.39, 0.29) is 17.1 Å². The summed E-state index contributed by atoms with van der Waals surface area (Å²) in [5, 5.41) is 8.62. The Balaban J connectivity index is 2.43. The molecule has 0 unspecified atom stereocenters. The first-order valence-electron chi connectivity index (χ1n) is 6.11. The maximum absolute atomic E-state index is 13.9. The van der Waals surface area contributed by atoms with Crippen LogP contribution in [0.5, 0.6) is 11.5 Å². The van der Waals surface area contributed by atoms with Crippen molar-refractivity contribution >= 4 is 12.0 Å². The van der Waals surface area contributed by atoms with Crippen LogP contribution in [0.3, 0.4) is 0 Å². The Hall–Kier alpha value is -2.69. The van der Waals surface area contributed by atoms with Crippen LogP contribution in [-0.4, -0.2) is 11.1 Å². The van der Waals surface area contributed by atoms with Gasteiger partial charge in [-0.25, -0.2) is 13.6 Å². The number of hydrogen-bond donors (Lipinski definition) is 1. The van der Waals surface area contributed by atoms with E-state index in [0.29, 0.717) is 0 Å². The molecular formula is C16H12F2O3. The van der Waals surface area contributed by atoms with E-state index < -0.39 is 17.6 Å². The zero-order valence-corrected chi connectivity index (χ0v) is 11.1. The standard InChI is InChI=1S/C16H12F2O3/c1-10-5-7-12(17)14(9-10)21-16-11(6-8-15(19)20)3-2-4-13(16)18/h2-9H,1H3,(H,19,20)/b8-6+. The molecule has 0 radical (unpaired) electrons. The van der Waals surface area contributed by atoms with E-state index in [1.54, 1.807) is 13.0 Å². The van der Waals surface area contributed by atoms with Gasteiger partial charge in [0.25, 0.3) is 0 Å². The van der Waals surface area contributed by atoms with Crippen molar-refractivity contribution in [2.24, 2.45) is 0 Å². The van der Waals surface area contributed by atoms with Gasteiger partial charge in [0.2, 0.25) is 0 Å². The van der Waals surface area contributed by atoms with Crippen LogP contribution in [0, 0.1) is 18.6 Å². The maximum atomic E-state index is 13.9. The zero-order valence-electron chi connectivity index (χ0n) is 11.1. The van der Waals surface area contributed by atoms with Gasteiger partial charge in [0.1, 0.15) is 0 Å². The van der Waals surface area contributed by atoms with Crippen molar-refractivity contribution in [3.05, 3.63) is 65.2 Å². The summed E-state index contributed by atoms with van der Waals surface area (Å²) in [6.07, 6.45) is 2.04. The molecule has 0 aliphatic heterocycles. The van der Waals surface area contributed by atoms with Crippen LogP contribution in [0.4, 0.5) is 8.78 Å². The number of aliphatic carboxylic acids is 1. The van der Waals surface area contributed by atoms with Crippen LogP contribution >= 0.6 is 0 Å². The molecule has 2 rings (SSSR count). The minimum Gasteiger partial charge on any atom is -0.478 e. The third kappa shape index (κ3) is 3.66. The Kier molecular flexibility index (Phi) is 4.33. The van der Waals surface area contributed by atoms with Crippen LogP contribution in [-0.2, 0) is 4.79 Å². The molecule has 0 aliphatic rings. The largest absolute Gasteiger partial charge is 0.478 e. The molecule has 108 valence electrons. The smallest absolute Gasteiger partial charge is 0.328 e. The van der Waals surface area contributed by atoms with Crippen LogP contribution < -0.4 is 4.74 Å². The van der Waals surface area contributed by atoms with Gasteiger partial charge in [0, 0.05) is 11.6 Å². The second kappa shape index (κ2) is 6.17. The molecular weight excluding hydrogens is 278 g/mol. The Morgan fingerprint density at radius 2 is 1.95 bits per heavy atom. The van der Waals surface area contributed by atoms with Crippen LogP contribution in [0.1, 0.15) is 11.1 Å². The average molecular weight is 290 g/mol. The number of carboxylic acids is 1. The molecule has 3 nitrogen and oxygen atoms in total. The third-order valence-electron chi connectivity index (χ3n) is 2.70. The summed E-state index contributed by atoms with van der Waals surface area (Å²) in [6, 6.07) is 8.27. The fraction of sp³-hybridized carbons (Fsp3) is 0.0625. The van der Waals surface area contributed by atoms with Gasteiger partial charge in [0.15, 0.2) is 23.1 Å². The van der Waals surface area contributed by atoms with Crippen molar-refractivity contribution in [1.29, 1.82) is 0 Å². The maximum Gasteiger partial charge on any atom is 0.328 e. The van der Waals surface area contributed by atoms with Crippen molar-refractivity contribution in [3.8, 4) is 11.5 Å². The zero-order chi connectivity index (χ0) is 15.4. The summed E-state index contributed by atoms with van der Waals surface area (Å²) in [6.45, 7) is 1.75. The minimum absolute atomic E-state index is 0.120. The minimum atomic E-state index is -1.17. The van der Waals surface area contributed by atoms with Gasteiger partial charge in [-0.1, -0.05) is 18.2 Å². The highest BCUT2D eigenvalue weighted by molar-refractivity contribution is 5.85. The van der Waals surface area contributed by atoms with Gasteiger partial charge in [0.05, 0.1) is 0 Å². The number of para-hydroxylation sites is 1. The predicted molar refractivity (Wildman–Crippen MR) is 74.3 cm³/mol. The lowest BCUT2D eigenvalue weighted by atomic mass is 10.1. The molecule has 0 bridgehead atoms. The topological polar surface area (TPSA) is 46.5 Å². The molecule has 2 aromatic rings. The summed E-state index contributed by atoms with van der Waals surface area (Å²) < 4.78 is 32.8. The summed E-state index contributed by atoms with van der Waals surface area (Å²) in [5.74, 6) is -2.85. The van der Waals surface area contributed by atoms with E-state index in [1.165, 1.54) is 30.3 Å². The number of carbonyl (C=O) groups is 1. The lowest BCUT2D eigenvalue weighted by Crippen LogP contribution is -1.95. The Morgan fingerprint density at radius 1 is 1.19 bits per heavy atom. The number of halogens is 2. The van der Waals surface area contributed by atoms with Crippen molar-refractivity contribution < 1.29 is 23.4 Å². The number of carboxylic acid groups (broad SMARTS) is 1. The fourth-order valence-corrected chi connectivity index (χ4v) is 1.72. The van der Waals surface area contributed by atoms with Crippen molar-refractivity contribution in [3.63, 3.8) is 0 Å². The molecule has 0 amide bonds. The highest BCUT2D eigenvalue weighted by Crippen LogP contribution is 2.31. The number of aryl methyl sites for hydroxylation is 1. The van der Waals surface area contributed by atoms with E-state index in [2.05, 4.69) is 0 Å². The quantitative estimate of drug-likeness (QED) is 0.860. The Bertz CT molecular complexity index is 709. The second-order valence-corrected chi connectivity index (χ2v) is 4.37. The molecule has 0 saturated heterocycles. The number of hydrogen-bond acceptors (Lipinski definition) is 2. The molecule has 2 aromatic carbocycles. The summed E-state index contributed by atoms with van der Waals surface area (Å²) >= 11 is 0. The predicted octanol–water partition coefficient (Wildman–Crippen LogP) is 4.16. The normalized spacial score (nSPS) is 10.8. The van der Waals surface area contributed by atoms with Crippen molar-refractivity contribution in [2.45, 2.75) is 6.92 Å². The van der Waals surface area contributed by atoms with E-state index in [0.717, 1.165) is 17.7 Å². The van der Waals surface area contributed by atoms with Crippen LogP contribution in [0.2, 0.25) is 0 Å². The summed E-state index contributed by atoms with van der Waals surface area (Å²) in [4.78, 5) is 10.5. The van der Waals surface area contributed by atoms with Gasteiger partial charge >= 0.3 is 5.97 Å². The first kappa shape index (κ1) is 14.7. The number of rotatable bonds is 4. The number of ether oxygens (including phenoxy) is 1. The molecule has 1 N–H and O–H groups in total. The van der Waals surface area contributed by atoms with Gasteiger partial charge in [-0.15, -0.1) is 0 Å². The highest BCUT2D eigenvalue weighted by atomic mass is 19.1. The molecule has 21 heavy (non-hydrogen) atoms. The first-order valence-corrected chi connectivity index (χ1v) is 6.11. The molecule has 0 heterocycles. The second-order valence-electron chi connectivity index (χ2n) is 4.37. The average Bonchev–Trinajstić information content (AvgIpc) is 2.43. The molecule has 5 heteroatoms. The molecule has 0 atom stereocenters. The van der Waals surface area contributed by atoms with Crippen molar-refractivity contribution in [1.82, 2.24) is 0 Å². The monoisotopic (exact) mass is 290 g/mol. The van der Waals surface area contributed by atoms with Crippen molar-refractivity contribution in [2.75, 3.05) is 0 Å². The molecule has 0 saturated carbocycles. The molecule has 0 aromatic heterocycles. The van der Waals surface area contributed by atoms with E-state index in [1.807, 2.05) is 0 Å². The Labute approximate surface area is 120 Å². The van der Waals surface area contributed by atoms with Gasteiger partial charge in [-0.05, 0) is 36.8 Å². The molecule has 0 spiro atoms. The summed E-state index contributed by atoms with van der Waals surface area (Å²) in [7, 11) is 0. The fourth-order valence-electron chi connectivity index (χ4n) is 1.72. The third-order valence-corrected chi connectivity index (χ3v) is 2.70. The first-order chi connectivity index (χ1) is 9.97. The molecule has 0 aliphatic carbocycles. The van der Waals surface area contributed by atoms with Gasteiger partial charge < -0.3 is 9.84 Å². The van der Waals surface area contributed by atoms with E-state index >= 15 is 0 Å². The SMILES string of the molecule is Cc1ccc(F)c(Oc2c(F)cccc2/C=C/C(=O)O)c1. The number of benzene rings is 2. The van der Waals surface area contributed by atoms with Gasteiger partial charge in [-0.2, -0.15) is 0 Å². The lowest BCUT2D eigenvalue weighted by Gasteiger charge is -2.11. The summed E-state index contributed by atoms with van der Waals surface area (Å²) in [5.41, 5.74) is 0.962. The highest BCUT2D eigenvalue weighted by Gasteiger charge is 2.12. The van der Waals surface area contributed by atoms with E-state index in [9.17, 15) is 13.6 Å². The molecule has 0 fully saturated rings. The lowest BCUT2D eigenvalue weighted by molar-refractivity contribution is -0.131. The van der Waals surface area contributed by atoms with Gasteiger partial charge in [-0.3, -0.25) is 0 Å². The van der Waals surface area contributed by atoms with Crippen LogP contribution in [0.25, 0.3) is 6.08 Å². The van der Waals surface area contributed by atoms with E-state index in [4.69, 9.17) is 9.84 Å².